The van der Waals surface area contributed by atoms with E-state index in [1.54, 1.807) is 19.2 Å². The lowest BCUT2D eigenvalue weighted by molar-refractivity contribution is 0.0374. The number of hydrogen-bond donors (Lipinski definition) is 7. The molecule has 24 heteroatoms. The van der Waals surface area contributed by atoms with Gasteiger partial charge in [0, 0.05) is 105 Å². The number of nitrogens with zero attached hydrogens (tertiary/aromatic N) is 14. The Morgan fingerprint density at radius 1 is 0.414 bits per heavy atom. The van der Waals surface area contributed by atoms with E-state index in [2.05, 4.69) is 196 Å². The third-order valence-corrected chi connectivity index (χ3v) is 23.1. The molecule has 0 unspecified atom stereocenters. The monoisotopic (exact) mass is 1720 g/mol. The van der Waals surface area contributed by atoms with Crippen LogP contribution in [-0.4, -0.2) is 141 Å². The van der Waals surface area contributed by atoms with Gasteiger partial charge in [0.15, 0.2) is 5.78 Å². The van der Waals surface area contributed by atoms with Crippen LogP contribution in [0.3, 0.4) is 0 Å². The largest absolute Gasteiger partial charge is 0.379 e. The van der Waals surface area contributed by atoms with Gasteiger partial charge >= 0.3 is 0 Å². The number of carbonyl (C=O) groups excluding carboxylic acids is 2. The van der Waals surface area contributed by atoms with Crippen molar-refractivity contribution in [3.05, 3.63) is 290 Å². The van der Waals surface area contributed by atoms with Crippen LogP contribution in [0.5, 0.6) is 0 Å². The Kier molecular flexibility index (Phi) is 35.1. The van der Waals surface area contributed by atoms with Crippen molar-refractivity contribution in [2.75, 3.05) is 93.9 Å². The van der Waals surface area contributed by atoms with E-state index in [0.717, 1.165) is 210 Å². The summed E-state index contributed by atoms with van der Waals surface area (Å²) in [6.45, 7) is 33.1. The predicted octanol–water partition coefficient (Wildman–Crippen LogP) is 18.3. The molecule has 664 valence electrons. The number of aryl methyl sites for hydroxylation is 9. The molecular weight excluding hydrogens is 1590 g/mol. The smallest absolute Gasteiger partial charge is 0.251 e. The van der Waals surface area contributed by atoms with E-state index in [1.807, 2.05) is 137 Å². The molecule has 1 saturated carbocycles. The number of likely N-dealkylation sites (tertiary alicyclic amines) is 1. The number of benzene rings is 7. The Bertz CT molecular complexity index is 5750. The number of rotatable bonds is 24. The minimum Gasteiger partial charge on any atom is -0.379 e. The number of aromatic nitrogens is 12. The molecule has 3 fully saturated rings. The number of hydrogen-bond acceptors (Lipinski definition) is 23. The summed E-state index contributed by atoms with van der Waals surface area (Å²) in [5.74, 6) is 2.75. The second-order valence-electron chi connectivity index (χ2n) is 32.8. The van der Waals surface area contributed by atoms with Crippen molar-refractivity contribution >= 4 is 53.5 Å². The predicted molar refractivity (Wildman–Crippen MR) is 521 cm³/mol. The number of anilines is 6. The van der Waals surface area contributed by atoms with Gasteiger partial charge in [0.25, 0.3) is 5.91 Å². The van der Waals surface area contributed by atoms with E-state index in [1.165, 1.54) is 84.1 Å². The van der Waals surface area contributed by atoms with E-state index in [4.69, 9.17) is 39.1 Å². The van der Waals surface area contributed by atoms with Crippen LogP contribution in [0.15, 0.2) is 195 Å². The fourth-order valence-corrected chi connectivity index (χ4v) is 15.1. The SMILES string of the molecule is C=Cc1ccc(-c2cc(CC)nc(N)n2)cc1.CCc1cc(-c2ccc(C(=O)NC)cc2)nc(N)n1.CCc1cc(-c2cccc(C(=O)Cc3ccc(C)cc3)c2)nc(N)n1.Cc1cccc(-c2cc(CC3CC3)nc(N)n2)c1C.Cc1cccc(-c2cc(CCCN3CCCCC3)nc(N)n2)c1C.Cc1cccc(-c2cc(CCCN3CCOCC3)nc(N)n2)c1C. The molecule has 0 radical (unpaired) electrons. The first-order valence-electron chi connectivity index (χ1n) is 44.6. The second-order valence-corrected chi connectivity index (χ2v) is 32.8. The number of nitrogen functional groups attached to an aromatic ring is 6. The van der Waals surface area contributed by atoms with Crippen molar-refractivity contribution in [1.29, 1.82) is 0 Å². The highest BCUT2D eigenvalue weighted by molar-refractivity contribution is 5.98. The molecule has 0 spiro atoms. The highest BCUT2D eigenvalue weighted by Crippen LogP contribution is 2.35. The number of amides is 1. The Morgan fingerprint density at radius 2 is 0.797 bits per heavy atom. The number of ether oxygens (including phenoxy) is 1. The molecule has 0 atom stereocenters. The van der Waals surface area contributed by atoms with Gasteiger partial charge in [-0.2, -0.15) is 0 Å². The molecule has 2 aliphatic heterocycles. The van der Waals surface area contributed by atoms with Crippen LogP contribution >= 0.6 is 0 Å². The summed E-state index contributed by atoms with van der Waals surface area (Å²) in [6.07, 6.45) is 16.5. The molecular formula is C104H125N21O3. The summed E-state index contributed by atoms with van der Waals surface area (Å²) in [4.78, 5) is 80.9. The summed E-state index contributed by atoms with van der Waals surface area (Å²) < 4.78 is 5.39. The van der Waals surface area contributed by atoms with Crippen molar-refractivity contribution in [1.82, 2.24) is 74.9 Å². The van der Waals surface area contributed by atoms with Crippen molar-refractivity contribution in [2.45, 2.75) is 159 Å². The lowest BCUT2D eigenvalue weighted by Crippen LogP contribution is -2.36. The van der Waals surface area contributed by atoms with Gasteiger partial charge in [0.05, 0.1) is 47.4 Å². The van der Waals surface area contributed by atoms with Crippen LogP contribution in [0.4, 0.5) is 35.7 Å². The fraction of sp³-hybridized carbons (Fsp3) is 0.327. The zero-order chi connectivity index (χ0) is 91.2. The zero-order valence-electron chi connectivity index (χ0n) is 76.3. The maximum Gasteiger partial charge on any atom is 0.251 e. The van der Waals surface area contributed by atoms with Gasteiger partial charge in [-0.3, -0.25) is 14.5 Å². The molecule has 1 amide bonds. The molecule has 13 N–H and O–H groups in total. The van der Waals surface area contributed by atoms with Crippen LogP contribution < -0.4 is 39.7 Å². The van der Waals surface area contributed by atoms with Crippen molar-refractivity contribution < 1.29 is 14.3 Å². The van der Waals surface area contributed by atoms with E-state index in [9.17, 15) is 9.59 Å². The lowest BCUT2D eigenvalue weighted by Gasteiger charge is -2.26. The Balaban J connectivity index is 0.000000150. The third kappa shape index (κ3) is 28.5. The molecule has 16 rings (SSSR count). The fourth-order valence-electron chi connectivity index (χ4n) is 15.1. The van der Waals surface area contributed by atoms with Gasteiger partial charge in [-0.15, -0.1) is 0 Å². The molecule has 13 aromatic rings. The summed E-state index contributed by atoms with van der Waals surface area (Å²) in [5, 5.41) is 2.58. The molecule has 2 saturated heterocycles. The van der Waals surface area contributed by atoms with Gasteiger partial charge in [-0.1, -0.05) is 179 Å². The minimum atomic E-state index is -0.108. The molecule has 7 aromatic carbocycles. The summed E-state index contributed by atoms with van der Waals surface area (Å²) >= 11 is 0. The van der Waals surface area contributed by atoms with Crippen LogP contribution in [-0.2, 0) is 49.7 Å². The quantitative estimate of drug-likeness (QED) is 0.0276. The maximum absolute atomic E-state index is 12.6. The van der Waals surface area contributed by atoms with E-state index < -0.39 is 0 Å². The standard InChI is InChI=1S/C21H21N3O.C20H28N4.C19H26N4O.C16H19N3.C14H16N4O.C14H15N3/c1-3-18-13-19(24-21(22)23-18)16-5-4-6-17(12-16)20(25)11-15-9-7-14(2)8-10-15;1-15-8-6-10-18(16(15)2)19-14-17(22-20(21)23-19)9-7-13-24-11-4-3-5-12-24;1-14-5-3-7-17(15(14)2)18-13-16(21-19(20)22-18)6-4-8-23-9-11-24-12-10-23;1-10-4-3-5-14(11(10)2)15-9-13(8-12-6-7-12)18-16(17)19-15;1-3-11-8-12(18-14(15)17-11)9-4-6-10(7-5-9)13(19)16-2;1-3-10-5-7-11(8-6-10)13-9-12(4-2)16-14(15)17-13/h4-10,12-13H,3,11H2,1-2H3,(H2,22,23,24);6,8,10,14H,3-5,7,9,11-13H2,1-2H3,(H2,21,22,23);3,5,7,13H,4,6,8-12H2,1-2H3,(H2,20,21,22);3-5,9,12H,6-8H2,1-2H3,(H2,17,18,19);4-8H,3H2,1-2H3,(H,16,19)(H2,15,17,18);3,5-9H,1,4H2,2H3,(H2,15,16,17). The number of piperidine rings is 1. The van der Waals surface area contributed by atoms with Crippen LogP contribution in [0, 0.1) is 54.4 Å². The average molecular weight is 1720 g/mol. The van der Waals surface area contributed by atoms with Gasteiger partial charge in [0.2, 0.25) is 35.7 Å². The summed E-state index contributed by atoms with van der Waals surface area (Å²) in [5.41, 5.74) is 64.5. The lowest BCUT2D eigenvalue weighted by atomic mass is 9.99. The molecule has 24 nitrogen and oxygen atoms in total. The first-order chi connectivity index (χ1) is 61.8. The second kappa shape index (κ2) is 47.2. The highest BCUT2D eigenvalue weighted by atomic mass is 16.5. The maximum atomic E-state index is 12.6. The van der Waals surface area contributed by atoms with E-state index in [-0.39, 0.29) is 23.6 Å². The van der Waals surface area contributed by atoms with Crippen molar-refractivity contribution in [2.24, 2.45) is 5.92 Å². The highest BCUT2D eigenvalue weighted by Gasteiger charge is 2.24. The molecule has 3 aliphatic rings. The average Bonchev–Trinajstić information content (AvgIpc) is 0.941. The first-order valence-corrected chi connectivity index (χ1v) is 44.6. The third-order valence-electron chi connectivity index (χ3n) is 23.1. The first kappa shape index (κ1) is 95.2. The Hall–Kier alpha value is -13.4. The van der Waals surface area contributed by atoms with Crippen LogP contribution in [0.1, 0.15) is 171 Å². The van der Waals surface area contributed by atoms with E-state index in [0.29, 0.717) is 41.3 Å². The summed E-state index contributed by atoms with van der Waals surface area (Å²) in [6, 6.07) is 61.8. The number of nitrogens with two attached hydrogens (primary N) is 6. The molecule has 1 aliphatic carbocycles. The molecule has 6 aromatic heterocycles. The Labute approximate surface area is 754 Å². The molecule has 8 heterocycles. The van der Waals surface area contributed by atoms with Crippen molar-refractivity contribution in [3.63, 3.8) is 0 Å². The molecule has 0 bridgehead atoms. The number of ketones is 1. The van der Waals surface area contributed by atoms with Gasteiger partial charge < -0.3 is 49.4 Å². The minimum absolute atomic E-state index is 0.0865. The van der Waals surface area contributed by atoms with Gasteiger partial charge in [0.1, 0.15) is 0 Å². The number of nitrogens with one attached hydrogen (secondary N) is 1. The topological polar surface area (TPSA) is 373 Å². The van der Waals surface area contributed by atoms with Gasteiger partial charge in [-0.05, 0) is 257 Å². The Morgan fingerprint density at radius 3 is 1.22 bits per heavy atom. The zero-order valence-corrected chi connectivity index (χ0v) is 76.3. The van der Waals surface area contributed by atoms with Crippen LogP contribution in [0.25, 0.3) is 73.6 Å². The number of Topliss-reactive ketones (excluding diaryl/α,β-unsaturated/α-hetero) is 1. The number of morpholine rings is 1. The molecule has 128 heavy (non-hydrogen) atoms. The van der Waals surface area contributed by atoms with Crippen molar-refractivity contribution in [3.8, 4) is 67.5 Å². The van der Waals surface area contributed by atoms with Gasteiger partial charge in [-0.25, -0.2) is 59.8 Å². The normalized spacial score (nSPS) is 13.0. The van der Waals surface area contributed by atoms with E-state index >= 15 is 0 Å². The summed E-state index contributed by atoms with van der Waals surface area (Å²) in [7, 11) is 1.61. The number of carbonyl (C=O) groups is 2. The van der Waals surface area contributed by atoms with Crippen LogP contribution in [0.2, 0.25) is 0 Å².